The van der Waals surface area contributed by atoms with Gasteiger partial charge in [0.1, 0.15) is 0 Å². The third-order valence-corrected chi connectivity index (χ3v) is 4.52. The summed E-state index contributed by atoms with van der Waals surface area (Å²) in [5.74, 6) is 4.65. The lowest BCUT2D eigenvalue weighted by Crippen LogP contribution is -2.40. The summed E-state index contributed by atoms with van der Waals surface area (Å²) >= 11 is 0. The molecule has 0 bridgehead atoms. The van der Waals surface area contributed by atoms with E-state index >= 15 is 0 Å². The molecule has 2 rings (SSSR count). The molecule has 94 valence electrons. The van der Waals surface area contributed by atoms with Crippen LogP contribution in [0.3, 0.4) is 0 Å². The van der Waals surface area contributed by atoms with Crippen molar-refractivity contribution in [3.05, 3.63) is 0 Å². The van der Waals surface area contributed by atoms with Gasteiger partial charge in [0.05, 0.1) is 6.04 Å². The number of hydrogen-bond donors (Lipinski definition) is 1. The number of fused-ring (bicyclic) bond motifs is 1. The molecule has 1 N–H and O–H groups in total. The molecule has 2 aliphatic rings. The minimum absolute atomic E-state index is 0.133. The van der Waals surface area contributed by atoms with Crippen LogP contribution >= 0.6 is 0 Å². The first-order valence-corrected chi connectivity index (χ1v) is 6.97. The fourth-order valence-electron chi connectivity index (χ4n) is 3.48. The molecule has 0 aromatic heterocycles. The molecule has 0 aromatic carbocycles. The van der Waals surface area contributed by atoms with Crippen molar-refractivity contribution < 1.29 is 4.79 Å². The molecule has 4 unspecified atom stereocenters. The molecule has 2 saturated carbocycles. The molecule has 0 spiro atoms. The minimum Gasteiger partial charge on any atom is -0.343 e. The van der Waals surface area contributed by atoms with Crippen LogP contribution in [0.4, 0.5) is 0 Å². The molecule has 0 radical (unpaired) electrons. The number of carbonyl (C=O) groups is 1. The maximum atomic E-state index is 12.0. The zero-order chi connectivity index (χ0) is 12.3. The van der Waals surface area contributed by atoms with E-state index in [0.29, 0.717) is 0 Å². The Morgan fingerprint density at radius 3 is 2.65 bits per heavy atom. The number of rotatable bonds is 2. The van der Waals surface area contributed by atoms with Gasteiger partial charge in [-0.15, -0.1) is 6.42 Å². The molecule has 0 aromatic rings. The monoisotopic (exact) mass is 233 g/mol. The molecule has 2 heteroatoms. The van der Waals surface area contributed by atoms with E-state index < -0.39 is 0 Å². The fourth-order valence-corrected chi connectivity index (χ4v) is 3.48. The largest absolute Gasteiger partial charge is 0.343 e. The standard InChI is InChI=1S/C15H23NO/c1-3-11(2)16-15(17)14-9-8-12-6-4-5-7-13(12)10-14/h1,11-14H,4-10H2,2H3,(H,16,17). The number of amides is 1. The van der Waals surface area contributed by atoms with Crippen LogP contribution in [-0.4, -0.2) is 11.9 Å². The summed E-state index contributed by atoms with van der Waals surface area (Å²) in [6.07, 6.45) is 14.2. The lowest BCUT2D eigenvalue weighted by molar-refractivity contribution is -0.127. The first kappa shape index (κ1) is 12.5. The summed E-state index contributed by atoms with van der Waals surface area (Å²) in [6, 6.07) is -0.133. The molecule has 0 aliphatic heterocycles. The zero-order valence-corrected chi connectivity index (χ0v) is 10.7. The number of carbonyl (C=O) groups excluding carboxylic acids is 1. The van der Waals surface area contributed by atoms with Crippen LogP contribution in [0.1, 0.15) is 51.9 Å². The summed E-state index contributed by atoms with van der Waals surface area (Å²) in [5, 5.41) is 2.92. The quantitative estimate of drug-likeness (QED) is 0.730. The van der Waals surface area contributed by atoms with E-state index in [1.54, 1.807) is 0 Å². The topological polar surface area (TPSA) is 29.1 Å². The molecule has 17 heavy (non-hydrogen) atoms. The van der Waals surface area contributed by atoms with Gasteiger partial charge < -0.3 is 5.32 Å². The van der Waals surface area contributed by atoms with Crippen LogP contribution in [-0.2, 0) is 4.79 Å². The molecule has 4 atom stereocenters. The Labute approximate surface area is 105 Å². The summed E-state index contributed by atoms with van der Waals surface area (Å²) in [5.41, 5.74) is 0. The van der Waals surface area contributed by atoms with Crippen LogP contribution < -0.4 is 5.32 Å². The predicted octanol–water partition coefficient (Wildman–Crippen LogP) is 2.73. The zero-order valence-electron chi connectivity index (χ0n) is 10.7. The Bertz CT molecular complexity index is 317. The highest BCUT2D eigenvalue weighted by molar-refractivity contribution is 5.79. The van der Waals surface area contributed by atoms with Crippen molar-refractivity contribution in [2.24, 2.45) is 17.8 Å². The Morgan fingerprint density at radius 2 is 1.94 bits per heavy atom. The highest BCUT2D eigenvalue weighted by Crippen LogP contribution is 2.42. The maximum absolute atomic E-state index is 12.0. The SMILES string of the molecule is C#CC(C)NC(=O)C1CCC2CCCCC2C1. The van der Waals surface area contributed by atoms with Gasteiger partial charge in [0.2, 0.25) is 5.91 Å². The van der Waals surface area contributed by atoms with Gasteiger partial charge >= 0.3 is 0 Å². The second-order valence-corrected chi connectivity index (χ2v) is 5.71. The molecule has 2 nitrogen and oxygen atoms in total. The van der Waals surface area contributed by atoms with E-state index in [-0.39, 0.29) is 17.9 Å². The third-order valence-electron chi connectivity index (χ3n) is 4.52. The lowest BCUT2D eigenvalue weighted by atomic mass is 9.67. The lowest BCUT2D eigenvalue weighted by Gasteiger charge is -2.38. The summed E-state index contributed by atoms with van der Waals surface area (Å²) in [4.78, 5) is 12.0. The highest BCUT2D eigenvalue weighted by Gasteiger charge is 2.35. The predicted molar refractivity (Wildman–Crippen MR) is 69.2 cm³/mol. The summed E-state index contributed by atoms with van der Waals surface area (Å²) in [6.45, 7) is 1.87. The normalized spacial score (nSPS) is 34.2. The van der Waals surface area contributed by atoms with Crippen molar-refractivity contribution in [3.63, 3.8) is 0 Å². The Hall–Kier alpha value is -0.970. The van der Waals surface area contributed by atoms with E-state index in [0.717, 1.165) is 24.7 Å². The molecule has 0 saturated heterocycles. The van der Waals surface area contributed by atoms with Crippen molar-refractivity contribution in [3.8, 4) is 12.3 Å². The van der Waals surface area contributed by atoms with Crippen molar-refractivity contribution in [1.29, 1.82) is 0 Å². The van der Waals surface area contributed by atoms with Crippen molar-refractivity contribution >= 4 is 5.91 Å². The Balaban J connectivity index is 1.87. The molecule has 1 amide bonds. The van der Waals surface area contributed by atoms with Crippen molar-refractivity contribution in [1.82, 2.24) is 5.32 Å². The second kappa shape index (κ2) is 5.58. The number of nitrogens with one attached hydrogen (secondary N) is 1. The number of hydrogen-bond acceptors (Lipinski definition) is 1. The first-order chi connectivity index (χ1) is 8.20. The molecule has 0 heterocycles. The van der Waals surface area contributed by atoms with Gasteiger partial charge in [-0.05, 0) is 38.0 Å². The van der Waals surface area contributed by atoms with Gasteiger partial charge in [-0.25, -0.2) is 0 Å². The van der Waals surface area contributed by atoms with Crippen molar-refractivity contribution in [2.75, 3.05) is 0 Å². The molecular weight excluding hydrogens is 210 g/mol. The van der Waals surface area contributed by atoms with Gasteiger partial charge in [-0.3, -0.25) is 4.79 Å². The average molecular weight is 233 g/mol. The second-order valence-electron chi connectivity index (χ2n) is 5.71. The average Bonchev–Trinajstić information content (AvgIpc) is 2.38. The van der Waals surface area contributed by atoms with E-state index in [9.17, 15) is 4.79 Å². The van der Waals surface area contributed by atoms with Crippen LogP contribution in [0.25, 0.3) is 0 Å². The Morgan fingerprint density at radius 1 is 1.24 bits per heavy atom. The van der Waals surface area contributed by atoms with Crippen molar-refractivity contribution in [2.45, 2.75) is 57.9 Å². The third kappa shape index (κ3) is 3.03. The van der Waals surface area contributed by atoms with Gasteiger partial charge in [0.15, 0.2) is 0 Å². The van der Waals surface area contributed by atoms with Gasteiger partial charge in [-0.2, -0.15) is 0 Å². The van der Waals surface area contributed by atoms with E-state index in [1.807, 2.05) is 6.92 Å². The van der Waals surface area contributed by atoms with Gasteiger partial charge in [0, 0.05) is 5.92 Å². The van der Waals surface area contributed by atoms with Crippen LogP contribution in [0.15, 0.2) is 0 Å². The van der Waals surface area contributed by atoms with E-state index in [2.05, 4.69) is 11.2 Å². The maximum Gasteiger partial charge on any atom is 0.224 e. The first-order valence-electron chi connectivity index (χ1n) is 6.97. The fraction of sp³-hybridized carbons (Fsp3) is 0.800. The van der Waals surface area contributed by atoms with E-state index in [1.165, 1.54) is 32.1 Å². The Kier molecular flexibility index (Phi) is 4.10. The number of terminal acetylenes is 1. The smallest absolute Gasteiger partial charge is 0.224 e. The molecule has 2 fully saturated rings. The summed E-state index contributed by atoms with van der Waals surface area (Å²) < 4.78 is 0. The van der Waals surface area contributed by atoms with Crippen LogP contribution in [0.2, 0.25) is 0 Å². The van der Waals surface area contributed by atoms with Crippen LogP contribution in [0, 0.1) is 30.1 Å². The highest BCUT2D eigenvalue weighted by atomic mass is 16.1. The molecular formula is C15H23NO. The summed E-state index contributed by atoms with van der Waals surface area (Å²) in [7, 11) is 0. The minimum atomic E-state index is -0.133. The van der Waals surface area contributed by atoms with Gasteiger partial charge in [0.25, 0.3) is 0 Å². The van der Waals surface area contributed by atoms with Crippen LogP contribution in [0.5, 0.6) is 0 Å². The van der Waals surface area contributed by atoms with E-state index in [4.69, 9.17) is 6.42 Å². The van der Waals surface area contributed by atoms with Gasteiger partial charge in [-0.1, -0.05) is 31.6 Å². The molecule has 2 aliphatic carbocycles.